The molecule has 0 saturated heterocycles. The Balaban J connectivity index is 1.81. The van der Waals surface area contributed by atoms with E-state index in [4.69, 9.17) is 0 Å². The first-order chi connectivity index (χ1) is 11.0. The molecule has 1 aromatic rings. The number of carbonyl (C=O) groups is 1. The number of anilines is 1. The molecule has 130 valence electrons. The van der Waals surface area contributed by atoms with Gasteiger partial charge in [0.25, 0.3) is 0 Å². The lowest BCUT2D eigenvalue weighted by atomic mass is 9.86. The molecule has 1 saturated carbocycles. The summed E-state index contributed by atoms with van der Waals surface area (Å²) in [5.41, 5.74) is 0.699. The molecule has 2 atom stereocenters. The largest absolute Gasteiger partial charge is 0.393 e. The van der Waals surface area contributed by atoms with E-state index in [0.29, 0.717) is 12.2 Å². The van der Waals surface area contributed by atoms with Gasteiger partial charge in [0.2, 0.25) is 0 Å². The van der Waals surface area contributed by atoms with Gasteiger partial charge in [-0.3, -0.25) is 4.68 Å². The highest BCUT2D eigenvalue weighted by Gasteiger charge is 2.25. The zero-order valence-corrected chi connectivity index (χ0v) is 14.4. The van der Waals surface area contributed by atoms with Gasteiger partial charge in [-0.2, -0.15) is 5.10 Å². The lowest BCUT2D eigenvalue weighted by Gasteiger charge is -2.31. The van der Waals surface area contributed by atoms with Crippen molar-refractivity contribution in [1.82, 2.24) is 19.6 Å². The average Bonchev–Trinajstić information content (AvgIpc) is 2.95. The molecule has 1 fully saturated rings. The molecule has 2 amide bonds. The molecule has 7 heteroatoms. The number of hydrogen-bond acceptors (Lipinski definition) is 4. The van der Waals surface area contributed by atoms with Crippen LogP contribution in [0.5, 0.6) is 0 Å². The molecule has 1 heterocycles. The average molecular weight is 323 g/mol. The second-order valence-electron chi connectivity index (χ2n) is 6.72. The maximum atomic E-state index is 12.3. The SMILES string of the molecule is CN(C)CCn1cc(NC(=O)N(C)CC2CCCCC2O)cn1. The Morgan fingerprint density at radius 3 is 2.83 bits per heavy atom. The minimum absolute atomic E-state index is 0.157. The van der Waals surface area contributed by atoms with E-state index in [9.17, 15) is 9.90 Å². The fourth-order valence-electron chi connectivity index (χ4n) is 2.91. The Bertz CT molecular complexity index is 502. The standard InChI is InChI=1S/C16H29N5O2/c1-19(2)8-9-21-12-14(10-17-21)18-16(23)20(3)11-13-6-4-5-7-15(13)22/h10,12-13,15,22H,4-9,11H2,1-3H3,(H,18,23). The first-order valence-electron chi connectivity index (χ1n) is 8.33. The van der Waals surface area contributed by atoms with Crippen molar-refractivity contribution in [3.8, 4) is 0 Å². The van der Waals surface area contributed by atoms with E-state index in [2.05, 4.69) is 15.3 Å². The van der Waals surface area contributed by atoms with Gasteiger partial charge in [-0.05, 0) is 26.9 Å². The van der Waals surface area contributed by atoms with Gasteiger partial charge in [-0.1, -0.05) is 12.8 Å². The number of rotatable bonds is 6. The van der Waals surface area contributed by atoms with Crippen LogP contribution in [0.3, 0.4) is 0 Å². The van der Waals surface area contributed by atoms with Gasteiger partial charge in [-0.25, -0.2) is 4.79 Å². The minimum atomic E-state index is -0.284. The van der Waals surface area contributed by atoms with E-state index in [1.807, 2.05) is 25.0 Å². The molecule has 2 unspecified atom stereocenters. The number of nitrogens with zero attached hydrogens (tertiary/aromatic N) is 4. The maximum absolute atomic E-state index is 12.3. The Morgan fingerprint density at radius 2 is 2.13 bits per heavy atom. The molecule has 1 aromatic heterocycles. The smallest absolute Gasteiger partial charge is 0.321 e. The topological polar surface area (TPSA) is 73.6 Å². The Kier molecular flexibility index (Phi) is 6.41. The molecule has 0 aliphatic heterocycles. The molecule has 2 rings (SSSR count). The summed E-state index contributed by atoms with van der Waals surface area (Å²) in [5.74, 6) is 0.183. The Hall–Kier alpha value is -1.60. The first kappa shape index (κ1) is 17.7. The number of hydrogen-bond donors (Lipinski definition) is 2. The molecule has 1 aliphatic carbocycles. The number of aliphatic hydroxyl groups is 1. The van der Waals surface area contributed by atoms with Crippen LogP contribution in [0.1, 0.15) is 25.7 Å². The van der Waals surface area contributed by atoms with Crippen LogP contribution in [0.4, 0.5) is 10.5 Å². The summed E-state index contributed by atoms with van der Waals surface area (Å²) >= 11 is 0. The highest BCUT2D eigenvalue weighted by atomic mass is 16.3. The van der Waals surface area contributed by atoms with Gasteiger partial charge in [0.15, 0.2) is 0 Å². The molecular formula is C16H29N5O2. The molecule has 23 heavy (non-hydrogen) atoms. The fraction of sp³-hybridized carbons (Fsp3) is 0.750. The summed E-state index contributed by atoms with van der Waals surface area (Å²) in [7, 11) is 5.80. The molecule has 0 bridgehead atoms. The van der Waals surface area contributed by atoms with Crippen LogP contribution in [-0.4, -0.2) is 71.1 Å². The Labute approximate surface area is 138 Å². The van der Waals surface area contributed by atoms with E-state index in [1.165, 1.54) is 0 Å². The van der Waals surface area contributed by atoms with Gasteiger partial charge in [0.1, 0.15) is 0 Å². The van der Waals surface area contributed by atoms with Crippen molar-refractivity contribution >= 4 is 11.7 Å². The van der Waals surface area contributed by atoms with Crippen molar-refractivity contribution in [3.63, 3.8) is 0 Å². The summed E-state index contributed by atoms with van der Waals surface area (Å²) in [4.78, 5) is 16.0. The second-order valence-corrected chi connectivity index (χ2v) is 6.72. The lowest BCUT2D eigenvalue weighted by Crippen LogP contribution is -2.39. The molecule has 1 aliphatic rings. The van der Waals surface area contributed by atoms with Gasteiger partial charge in [-0.15, -0.1) is 0 Å². The van der Waals surface area contributed by atoms with Crippen LogP contribution >= 0.6 is 0 Å². The number of aromatic nitrogens is 2. The van der Waals surface area contributed by atoms with E-state index in [-0.39, 0.29) is 18.1 Å². The molecule has 2 N–H and O–H groups in total. The molecule has 0 aromatic carbocycles. The summed E-state index contributed by atoms with van der Waals surface area (Å²) < 4.78 is 1.82. The van der Waals surface area contributed by atoms with E-state index in [0.717, 1.165) is 38.8 Å². The fourth-order valence-corrected chi connectivity index (χ4v) is 2.91. The third-order valence-corrected chi connectivity index (χ3v) is 4.38. The summed E-state index contributed by atoms with van der Waals surface area (Å²) in [6, 6.07) is -0.157. The molecule has 0 radical (unpaired) electrons. The summed E-state index contributed by atoms with van der Waals surface area (Å²) in [6.45, 7) is 2.27. The second kappa shape index (κ2) is 8.31. The number of nitrogens with one attached hydrogen (secondary N) is 1. The van der Waals surface area contributed by atoms with Crippen LogP contribution in [-0.2, 0) is 6.54 Å². The van der Waals surface area contributed by atoms with Gasteiger partial charge in [0, 0.05) is 32.3 Å². The number of amides is 2. The highest BCUT2D eigenvalue weighted by molar-refractivity contribution is 5.88. The maximum Gasteiger partial charge on any atom is 0.321 e. The van der Waals surface area contributed by atoms with Crippen LogP contribution in [0.2, 0.25) is 0 Å². The zero-order chi connectivity index (χ0) is 16.8. The van der Waals surface area contributed by atoms with Crippen molar-refractivity contribution < 1.29 is 9.90 Å². The van der Waals surface area contributed by atoms with E-state index < -0.39 is 0 Å². The minimum Gasteiger partial charge on any atom is -0.393 e. The van der Waals surface area contributed by atoms with E-state index in [1.54, 1.807) is 18.1 Å². The lowest BCUT2D eigenvalue weighted by molar-refractivity contribution is 0.0575. The predicted octanol–water partition coefficient (Wildman–Crippen LogP) is 1.46. The van der Waals surface area contributed by atoms with Crippen molar-refractivity contribution in [2.45, 2.75) is 38.3 Å². The number of likely N-dealkylation sites (N-methyl/N-ethyl adjacent to an activating group) is 1. The van der Waals surface area contributed by atoms with Crippen LogP contribution < -0.4 is 5.32 Å². The van der Waals surface area contributed by atoms with Crippen molar-refractivity contribution in [2.75, 3.05) is 39.5 Å². The third kappa shape index (κ3) is 5.51. The number of urea groups is 1. The van der Waals surface area contributed by atoms with Crippen molar-refractivity contribution in [1.29, 1.82) is 0 Å². The van der Waals surface area contributed by atoms with Crippen molar-refractivity contribution in [2.24, 2.45) is 5.92 Å². The van der Waals surface area contributed by atoms with Crippen molar-refractivity contribution in [3.05, 3.63) is 12.4 Å². The van der Waals surface area contributed by atoms with E-state index >= 15 is 0 Å². The predicted molar refractivity (Wildman–Crippen MR) is 90.4 cm³/mol. The first-order valence-corrected chi connectivity index (χ1v) is 8.33. The van der Waals surface area contributed by atoms with Gasteiger partial charge < -0.3 is 20.2 Å². The quantitative estimate of drug-likeness (QED) is 0.831. The van der Waals surface area contributed by atoms with Crippen LogP contribution in [0.15, 0.2) is 12.4 Å². The summed E-state index contributed by atoms with van der Waals surface area (Å²) in [5, 5.41) is 17.1. The van der Waals surface area contributed by atoms with Gasteiger partial charge in [0.05, 0.1) is 24.5 Å². The highest BCUT2D eigenvalue weighted by Crippen LogP contribution is 2.25. The van der Waals surface area contributed by atoms with Gasteiger partial charge >= 0.3 is 6.03 Å². The molecule has 7 nitrogen and oxygen atoms in total. The third-order valence-electron chi connectivity index (χ3n) is 4.38. The zero-order valence-electron chi connectivity index (χ0n) is 14.4. The number of carbonyl (C=O) groups excluding carboxylic acids is 1. The number of aliphatic hydroxyl groups excluding tert-OH is 1. The van der Waals surface area contributed by atoms with Crippen LogP contribution in [0.25, 0.3) is 0 Å². The Morgan fingerprint density at radius 1 is 1.39 bits per heavy atom. The normalized spacial score (nSPS) is 21.4. The molecular weight excluding hydrogens is 294 g/mol. The summed E-state index contributed by atoms with van der Waals surface area (Å²) in [6.07, 6.45) is 7.27. The monoisotopic (exact) mass is 323 g/mol. The van der Waals surface area contributed by atoms with Crippen LogP contribution in [0, 0.1) is 5.92 Å². The molecule has 0 spiro atoms.